The van der Waals surface area contributed by atoms with Gasteiger partial charge in [0, 0.05) is 18.0 Å². The molecule has 1 heterocycles. The number of ketones is 1. The van der Waals surface area contributed by atoms with E-state index in [1.54, 1.807) is 6.07 Å². The fourth-order valence-electron chi connectivity index (χ4n) is 0.904. The van der Waals surface area contributed by atoms with Crippen molar-refractivity contribution in [2.45, 2.75) is 12.6 Å². The second kappa shape index (κ2) is 4.72. The summed E-state index contributed by atoms with van der Waals surface area (Å²) in [6.45, 7) is 0. The van der Waals surface area contributed by atoms with Gasteiger partial charge in [0.15, 0.2) is 5.78 Å². The van der Waals surface area contributed by atoms with Gasteiger partial charge in [-0.05, 0) is 18.2 Å². The number of halogens is 3. The van der Waals surface area contributed by atoms with E-state index >= 15 is 0 Å². The quantitative estimate of drug-likeness (QED) is 0.573. The molecule has 5 heteroatoms. The highest BCUT2D eigenvalue weighted by atomic mass is 19.4. The van der Waals surface area contributed by atoms with Gasteiger partial charge >= 0.3 is 6.18 Å². The average molecular weight is 215 g/mol. The SMILES string of the molecule is O=C(/C=C/CC(F)(F)F)c1cccnc1. The summed E-state index contributed by atoms with van der Waals surface area (Å²) >= 11 is 0. The van der Waals surface area contributed by atoms with E-state index in [9.17, 15) is 18.0 Å². The molecular formula is C10H8F3NO. The molecule has 0 aliphatic heterocycles. The van der Waals surface area contributed by atoms with E-state index in [1.807, 2.05) is 0 Å². The van der Waals surface area contributed by atoms with E-state index in [1.165, 1.54) is 18.5 Å². The number of pyridine rings is 1. The van der Waals surface area contributed by atoms with Crippen molar-refractivity contribution < 1.29 is 18.0 Å². The first-order valence-electron chi connectivity index (χ1n) is 4.17. The van der Waals surface area contributed by atoms with Crippen molar-refractivity contribution in [1.29, 1.82) is 0 Å². The minimum Gasteiger partial charge on any atom is -0.289 e. The van der Waals surface area contributed by atoms with Gasteiger partial charge in [-0.2, -0.15) is 13.2 Å². The van der Waals surface area contributed by atoms with Crippen LogP contribution in [0.5, 0.6) is 0 Å². The lowest BCUT2D eigenvalue weighted by Gasteiger charge is -1.99. The molecule has 1 aromatic rings. The molecule has 0 bridgehead atoms. The molecule has 0 spiro atoms. The third-order valence-electron chi connectivity index (χ3n) is 1.56. The lowest BCUT2D eigenvalue weighted by atomic mass is 10.2. The molecule has 0 aliphatic rings. The maximum absolute atomic E-state index is 11.7. The summed E-state index contributed by atoms with van der Waals surface area (Å²) in [5, 5.41) is 0. The summed E-state index contributed by atoms with van der Waals surface area (Å²) in [7, 11) is 0. The van der Waals surface area contributed by atoms with Crippen molar-refractivity contribution in [2.75, 3.05) is 0 Å². The highest BCUT2D eigenvalue weighted by Crippen LogP contribution is 2.19. The fraction of sp³-hybridized carbons (Fsp3) is 0.200. The van der Waals surface area contributed by atoms with Gasteiger partial charge in [-0.1, -0.05) is 6.08 Å². The predicted octanol–water partition coefficient (Wildman–Crippen LogP) is 2.77. The third kappa shape index (κ3) is 4.39. The van der Waals surface area contributed by atoms with Gasteiger partial charge in [-0.3, -0.25) is 9.78 Å². The van der Waals surface area contributed by atoms with Crippen LogP contribution in [0.2, 0.25) is 0 Å². The van der Waals surface area contributed by atoms with E-state index in [-0.39, 0.29) is 5.56 Å². The normalized spacial score (nSPS) is 11.9. The first-order valence-corrected chi connectivity index (χ1v) is 4.17. The van der Waals surface area contributed by atoms with Gasteiger partial charge in [0.2, 0.25) is 0 Å². The monoisotopic (exact) mass is 215 g/mol. The maximum Gasteiger partial charge on any atom is 0.392 e. The summed E-state index contributed by atoms with van der Waals surface area (Å²) in [5.74, 6) is -0.479. The Bertz CT molecular complexity index is 357. The summed E-state index contributed by atoms with van der Waals surface area (Å²) in [4.78, 5) is 14.9. The Labute approximate surface area is 84.4 Å². The number of aromatic nitrogens is 1. The lowest BCUT2D eigenvalue weighted by Crippen LogP contribution is -2.05. The number of nitrogens with zero attached hydrogens (tertiary/aromatic N) is 1. The molecule has 0 N–H and O–H groups in total. The number of allylic oxidation sites excluding steroid dienone is 2. The van der Waals surface area contributed by atoms with Gasteiger partial charge in [-0.25, -0.2) is 0 Å². The number of hydrogen-bond acceptors (Lipinski definition) is 2. The van der Waals surface area contributed by atoms with E-state index < -0.39 is 18.4 Å². The molecular weight excluding hydrogens is 207 g/mol. The smallest absolute Gasteiger partial charge is 0.289 e. The van der Waals surface area contributed by atoms with Crippen molar-refractivity contribution in [3.63, 3.8) is 0 Å². The van der Waals surface area contributed by atoms with Gasteiger partial charge in [0.05, 0.1) is 6.42 Å². The Morgan fingerprint density at radius 2 is 2.20 bits per heavy atom. The highest BCUT2D eigenvalue weighted by molar-refractivity contribution is 6.04. The minimum absolute atomic E-state index is 0.274. The zero-order valence-corrected chi connectivity index (χ0v) is 7.66. The summed E-state index contributed by atoms with van der Waals surface area (Å²) in [5.41, 5.74) is 0.274. The molecule has 0 unspecified atom stereocenters. The Morgan fingerprint density at radius 3 is 2.73 bits per heavy atom. The predicted molar refractivity (Wildman–Crippen MR) is 48.4 cm³/mol. The molecule has 15 heavy (non-hydrogen) atoms. The molecule has 0 fully saturated rings. The Morgan fingerprint density at radius 1 is 1.47 bits per heavy atom. The lowest BCUT2D eigenvalue weighted by molar-refractivity contribution is -0.125. The first-order chi connectivity index (χ1) is 6.99. The molecule has 0 atom stereocenters. The number of hydrogen-bond donors (Lipinski definition) is 0. The van der Waals surface area contributed by atoms with Crippen LogP contribution in [0.25, 0.3) is 0 Å². The number of carbonyl (C=O) groups excluding carboxylic acids is 1. The van der Waals surface area contributed by atoms with Crippen LogP contribution in [0, 0.1) is 0 Å². The topological polar surface area (TPSA) is 30.0 Å². The molecule has 0 saturated heterocycles. The van der Waals surface area contributed by atoms with E-state index in [4.69, 9.17) is 0 Å². The van der Waals surface area contributed by atoms with Crippen LogP contribution in [-0.2, 0) is 0 Å². The van der Waals surface area contributed by atoms with Crippen LogP contribution in [-0.4, -0.2) is 16.9 Å². The third-order valence-corrected chi connectivity index (χ3v) is 1.56. The fourth-order valence-corrected chi connectivity index (χ4v) is 0.904. The summed E-state index contributed by atoms with van der Waals surface area (Å²) in [6.07, 6.45) is -0.874. The zero-order valence-electron chi connectivity index (χ0n) is 7.66. The standard InChI is InChI=1S/C10H8F3NO/c11-10(12,13)5-1-4-9(15)8-3-2-6-14-7-8/h1-4,6-7H,5H2/b4-1+. The van der Waals surface area contributed by atoms with E-state index in [2.05, 4.69) is 4.98 Å². The molecule has 0 aliphatic carbocycles. The molecule has 80 valence electrons. The average Bonchev–Trinajstić information content (AvgIpc) is 2.17. The second-order valence-corrected chi connectivity index (χ2v) is 2.83. The Kier molecular flexibility index (Phi) is 3.60. The van der Waals surface area contributed by atoms with Crippen LogP contribution in [0.15, 0.2) is 36.7 Å². The van der Waals surface area contributed by atoms with Crippen LogP contribution in [0.3, 0.4) is 0 Å². The summed E-state index contributed by atoms with van der Waals surface area (Å²) in [6, 6.07) is 3.04. The van der Waals surface area contributed by atoms with Crippen molar-refractivity contribution in [3.05, 3.63) is 42.2 Å². The molecule has 1 rings (SSSR count). The Balaban J connectivity index is 2.57. The summed E-state index contributed by atoms with van der Waals surface area (Å²) < 4.78 is 35.2. The van der Waals surface area contributed by atoms with Crippen molar-refractivity contribution >= 4 is 5.78 Å². The van der Waals surface area contributed by atoms with Gasteiger partial charge in [0.1, 0.15) is 0 Å². The number of carbonyl (C=O) groups is 1. The van der Waals surface area contributed by atoms with Crippen LogP contribution < -0.4 is 0 Å². The molecule has 0 radical (unpaired) electrons. The molecule has 0 aromatic carbocycles. The second-order valence-electron chi connectivity index (χ2n) is 2.83. The number of rotatable bonds is 3. The van der Waals surface area contributed by atoms with Gasteiger partial charge in [-0.15, -0.1) is 0 Å². The van der Waals surface area contributed by atoms with Crippen LogP contribution in [0.4, 0.5) is 13.2 Å². The number of alkyl halides is 3. The van der Waals surface area contributed by atoms with Crippen molar-refractivity contribution in [2.24, 2.45) is 0 Å². The van der Waals surface area contributed by atoms with Gasteiger partial charge in [0.25, 0.3) is 0 Å². The largest absolute Gasteiger partial charge is 0.392 e. The first kappa shape index (κ1) is 11.4. The van der Waals surface area contributed by atoms with Crippen molar-refractivity contribution in [1.82, 2.24) is 4.98 Å². The zero-order chi connectivity index (χ0) is 11.3. The minimum atomic E-state index is -4.27. The van der Waals surface area contributed by atoms with Crippen LogP contribution >= 0.6 is 0 Å². The van der Waals surface area contributed by atoms with E-state index in [0.29, 0.717) is 0 Å². The molecule has 0 amide bonds. The molecule has 0 saturated carbocycles. The van der Waals surface area contributed by atoms with Crippen molar-refractivity contribution in [3.8, 4) is 0 Å². The Hall–Kier alpha value is -1.65. The van der Waals surface area contributed by atoms with Gasteiger partial charge < -0.3 is 0 Å². The molecule has 2 nitrogen and oxygen atoms in total. The maximum atomic E-state index is 11.7. The molecule has 1 aromatic heterocycles. The van der Waals surface area contributed by atoms with E-state index in [0.717, 1.165) is 12.2 Å². The highest BCUT2D eigenvalue weighted by Gasteiger charge is 2.24. The van der Waals surface area contributed by atoms with Crippen LogP contribution in [0.1, 0.15) is 16.8 Å².